The predicted octanol–water partition coefficient (Wildman–Crippen LogP) is 4.93. The van der Waals surface area contributed by atoms with Crippen LogP contribution in [0, 0.1) is 23.2 Å². The molecule has 1 fully saturated rings. The third-order valence-corrected chi connectivity index (χ3v) is 5.72. The summed E-state index contributed by atoms with van der Waals surface area (Å²) in [4.78, 5) is 19.5. The molecule has 0 bridgehead atoms. The number of fused-ring (bicyclic) bond motifs is 1. The van der Waals surface area contributed by atoms with E-state index in [1.165, 1.54) is 17.0 Å². The number of halogens is 1. The number of anilines is 1. The number of hydrogen-bond donors (Lipinski definition) is 0. The minimum atomic E-state index is -0.537. The fraction of sp³-hybridized carbons (Fsp3) is 0.542. The lowest BCUT2D eigenvalue weighted by atomic mass is 9.88. The van der Waals surface area contributed by atoms with Crippen LogP contribution in [-0.2, 0) is 13.6 Å². The zero-order valence-electron chi connectivity index (χ0n) is 19.6. The van der Waals surface area contributed by atoms with E-state index in [1.807, 2.05) is 18.4 Å². The van der Waals surface area contributed by atoms with Crippen LogP contribution in [0.1, 0.15) is 53.0 Å². The van der Waals surface area contributed by atoms with Gasteiger partial charge in [-0.3, -0.25) is 4.79 Å². The Hall–Kier alpha value is -2.88. The fourth-order valence-corrected chi connectivity index (χ4v) is 4.19. The van der Waals surface area contributed by atoms with Gasteiger partial charge in [-0.2, -0.15) is 5.26 Å². The molecule has 7 heteroatoms. The standard InChI is InChI=1S/C22H28FN5O.C2H6/c1-14(2)17-7-6-8-27(12-17)21-18(10-24)19-20(22(29)26(5)13-25-19)28(21)11-15(3)9-16(4)23;1-2/h9,13-14,17H,4,6-8,11-12H2,1-3,5H3;1-2H3/b15-9+;. The molecule has 0 N–H and O–H groups in total. The maximum absolute atomic E-state index is 13.4. The zero-order valence-corrected chi connectivity index (χ0v) is 19.6. The number of nitrogens with zero attached hydrogens (tertiary/aromatic N) is 5. The van der Waals surface area contributed by atoms with E-state index in [9.17, 15) is 14.4 Å². The lowest BCUT2D eigenvalue weighted by Gasteiger charge is -2.37. The Morgan fingerprint density at radius 3 is 2.71 bits per heavy atom. The van der Waals surface area contributed by atoms with Gasteiger partial charge in [0.15, 0.2) is 0 Å². The summed E-state index contributed by atoms with van der Waals surface area (Å²) in [6, 6.07) is 2.28. The highest BCUT2D eigenvalue weighted by Crippen LogP contribution is 2.34. The molecular formula is C24H34FN5O. The molecule has 3 rings (SSSR count). The molecule has 0 spiro atoms. The Morgan fingerprint density at radius 1 is 1.45 bits per heavy atom. The second-order valence-electron chi connectivity index (χ2n) is 8.28. The first kappa shape index (κ1) is 24.4. The van der Waals surface area contributed by atoms with Gasteiger partial charge in [-0.05, 0) is 37.7 Å². The Kier molecular flexibility index (Phi) is 8.21. The molecule has 2 aromatic heterocycles. The van der Waals surface area contributed by atoms with Gasteiger partial charge in [0.2, 0.25) is 0 Å². The Balaban J connectivity index is 0.00000166. The predicted molar refractivity (Wildman–Crippen MR) is 125 cm³/mol. The van der Waals surface area contributed by atoms with Crippen molar-refractivity contribution in [3.8, 4) is 6.07 Å². The maximum Gasteiger partial charge on any atom is 0.277 e. The van der Waals surface area contributed by atoms with Crippen molar-refractivity contribution in [2.75, 3.05) is 18.0 Å². The maximum atomic E-state index is 13.4. The monoisotopic (exact) mass is 427 g/mol. The van der Waals surface area contributed by atoms with Crippen molar-refractivity contribution >= 4 is 16.9 Å². The third-order valence-electron chi connectivity index (χ3n) is 5.72. The fourth-order valence-electron chi connectivity index (χ4n) is 4.19. The summed E-state index contributed by atoms with van der Waals surface area (Å²) in [5.41, 5.74) is 1.69. The molecule has 6 nitrogen and oxygen atoms in total. The summed E-state index contributed by atoms with van der Waals surface area (Å²) in [6.45, 7) is 15.4. The third kappa shape index (κ3) is 5.07. The summed E-state index contributed by atoms with van der Waals surface area (Å²) in [6.07, 6.45) is 4.97. The lowest BCUT2D eigenvalue weighted by Crippen LogP contribution is -2.39. The topological polar surface area (TPSA) is 66.8 Å². The molecule has 0 saturated carbocycles. The molecule has 1 unspecified atom stereocenters. The van der Waals surface area contributed by atoms with Crippen LogP contribution in [0.25, 0.3) is 11.0 Å². The zero-order chi connectivity index (χ0) is 23.3. The SMILES string of the molecule is C=C(F)/C=C(\C)Cn1c(N2CCCC(C(C)C)C2)c(C#N)c2ncn(C)c(=O)c21.CC. The summed E-state index contributed by atoms with van der Waals surface area (Å²) in [5.74, 6) is 1.22. The normalized spacial score (nSPS) is 16.8. The van der Waals surface area contributed by atoms with Crippen LogP contribution in [-0.4, -0.2) is 27.2 Å². The van der Waals surface area contributed by atoms with Crippen LogP contribution in [0.2, 0.25) is 0 Å². The largest absolute Gasteiger partial charge is 0.357 e. The van der Waals surface area contributed by atoms with Gasteiger partial charge in [-0.1, -0.05) is 39.8 Å². The number of piperidine rings is 1. The van der Waals surface area contributed by atoms with Crippen molar-refractivity contribution in [3.63, 3.8) is 0 Å². The molecule has 2 aromatic rings. The molecule has 1 saturated heterocycles. The smallest absolute Gasteiger partial charge is 0.277 e. The Bertz CT molecular complexity index is 1070. The summed E-state index contributed by atoms with van der Waals surface area (Å²) in [7, 11) is 1.64. The van der Waals surface area contributed by atoms with Crippen LogP contribution in [0.4, 0.5) is 10.2 Å². The summed E-state index contributed by atoms with van der Waals surface area (Å²) >= 11 is 0. The molecule has 31 heavy (non-hydrogen) atoms. The average molecular weight is 428 g/mol. The first-order valence-corrected chi connectivity index (χ1v) is 11.0. The van der Waals surface area contributed by atoms with Crippen LogP contribution in [0.5, 0.6) is 0 Å². The molecule has 1 aliphatic rings. The molecule has 1 atom stereocenters. The van der Waals surface area contributed by atoms with Gasteiger partial charge in [-0.15, -0.1) is 0 Å². The van der Waals surface area contributed by atoms with Gasteiger partial charge in [0.1, 0.15) is 34.3 Å². The molecule has 0 amide bonds. The minimum Gasteiger partial charge on any atom is -0.357 e. The molecule has 0 radical (unpaired) electrons. The molecule has 168 valence electrons. The first-order valence-electron chi connectivity index (χ1n) is 11.0. The molecule has 0 aliphatic carbocycles. The molecule has 3 heterocycles. The van der Waals surface area contributed by atoms with E-state index in [4.69, 9.17) is 0 Å². The summed E-state index contributed by atoms with van der Waals surface area (Å²) < 4.78 is 16.6. The lowest BCUT2D eigenvalue weighted by molar-refractivity contribution is 0.320. The highest BCUT2D eigenvalue weighted by Gasteiger charge is 2.30. The summed E-state index contributed by atoms with van der Waals surface area (Å²) in [5, 5.41) is 9.95. The average Bonchev–Trinajstić information content (AvgIpc) is 3.05. The highest BCUT2D eigenvalue weighted by molar-refractivity contribution is 5.89. The van der Waals surface area contributed by atoms with Crippen molar-refractivity contribution in [2.45, 2.75) is 54.0 Å². The number of aromatic nitrogens is 3. The number of hydrogen-bond acceptors (Lipinski definition) is 4. The van der Waals surface area contributed by atoms with E-state index in [0.29, 0.717) is 46.4 Å². The molecular weight excluding hydrogens is 393 g/mol. The van der Waals surface area contributed by atoms with Gasteiger partial charge in [0.05, 0.1) is 6.33 Å². The van der Waals surface area contributed by atoms with Gasteiger partial charge in [0, 0.05) is 26.7 Å². The first-order chi connectivity index (χ1) is 14.7. The van der Waals surface area contributed by atoms with E-state index in [-0.39, 0.29) is 5.56 Å². The van der Waals surface area contributed by atoms with Gasteiger partial charge >= 0.3 is 0 Å². The van der Waals surface area contributed by atoms with E-state index in [0.717, 1.165) is 25.9 Å². The minimum absolute atomic E-state index is 0.220. The quantitative estimate of drug-likeness (QED) is 0.634. The second kappa shape index (κ2) is 10.4. The van der Waals surface area contributed by atoms with Gasteiger partial charge < -0.3 is 14.0 Å². The Labute approximate surface area is 184 Å². The van der Waals surface area contributed by atoms with Crippen molar-refractivity contribution in [3.05, 3.63) is 46.3 Å². The number of rotatable bonds is 5. The van der Waals surface area contributed by atoms with Crippen molar-refractivity contribution in [2.24, 2.45) is 18.9 Å². The second-order valence-corrected chi connectivity index (χ2v) is 8.28. The number of nitriles is 1. The highest BCUT2D eigenvalue weighted by atomic mass is 19.1. The number of aryl methyl sites for hydroxylation is 1. The van der Waals surface area contributed by atoms with Crippen LogP contribution in [0.15, 0.2) is 35.2 Å². The van der Waals surface area contributed by atoms with Crippen LogP contribution in [0.3, 0.4) is 0 Å². The van der Waals surface area contributed by atoms with E-state index in [2.05, 4.69) is 36.4 Å². The molecule has 0 aromatic carbocycles. The van der Waals surface area contributed by atoms with Crippen LogP contribution < -0.4 is 10.5 Å². The van der Waals surface area contributed by atoms with Crippen LogP contribution >= 0.6 is 0 Å². The van der Waals surface area contributed by atoms with Gasteiger partial charge in [0.25, 0.3) is 5.56 Å². The van der Waals surface area contributed by atoms with Gasteiger partial charge in [-0.25, -0.2) is 9.37 Å². The van der Waals surface area contributed by atoms with Crippen molar-refractivity contribution < 1.29 is 4.39 Å². The molecule has 1 aliphatic heterocycles. The van der Waals surface area contributed by atoms with E-state index < -0.39 is 5.83 Å². The number of allylic oxidation sites excluding steroid dienone is 3. The Morgan fingerprint density at radius 2 is 2.13 bits per heavy atom. The van der Waals surface area contributed by atoms with E-state index in [1.54, 1.807) is 14.0 Å². The van der Waals surface area contributed by atoms with Crippen molar-refractivity contribution in [1.82, 2.24) is 14.1 Å². The van der Waals surface area contributed by atoms with E-state index >= 15 is 0 Å². The van der Waals surface area contributed by atoms with Crippen molar-refractivity contribution in [1.29, 1.82) is 5.26 Å².